The highest BCUT2D eigenvalue weighted by molar-refractivity contribution is 7.22. The second kappa shape index (κ2) is 6.02. The van der Waals surface area contributed by atoms with Crippen LogP contribution in [-0.4, -0.2) is 36.1 Å². The lowest BCUT2D eigenvalue weighted by atomic mass is 10.1. The van der Waals surface area contributed by atoms with Crippen LogP contribution in [0.25, 0.3) is 10.2 Å². The van der Waals surface area contributed by atoms with Crippen LogP contribution in [0.1, 0.15) is 11.1 Å². The Morgan fingerprint density at radius 3 is 2.42 bits per heavy atom. The van der Waals surface area contributed by atoms with Gasteiger partial charge >= 0.3 is 0 Å². The number of benzene rings is 1. The number of hydrogen-bond donors (Lipinski definition) is 0. The number of nitrogens with zero attached hydrogens (tertiary/aromatic N) is 4. The van der Waals surface area contributed by atoms with E-state index >= 15 is 0 Å². The maximum atomic E-state index is 13.3. The Labute approximate surface area is 144 Å². The van der Waals surface area contributed by atoms with Crippen molar-refractivity contribution in [1.82, 2.24) is 9.97 Å². The summed E-state index contributed by atoms with van der Waals surface area (Å²) in [5.74, 6) is -0.424. The van der Waals surface area contributed by atoms with Crippen molar-refractivity contribution >= 4 is 32.4 Å². The summed E-state index contributed by atoms with van der Waals surface area (Å²) in [5.41, 5.74) is 4.53. The number of anilines is 2. The van der Waals surface area contributed by atoms with Crippen LogP contribution in [-0.2, 0) is 0 Å². The van der Waals surface area contributed by atoms with Crippen molar-refractivity contribution in [1.29, 1.82) is 0 Å². The quantitative estimate of drug-likeness (QED) is 0.664. The maximum absolute atomic E-state index is 13.3. The van der Waals surface area contributed by atoms with E-state index in [0.717, 1.165) is 42.5 Å². The molecule has 1 aromatic carbocycles. The monoisotopic (exact) mass is 342 g/mol. The minimum absolute atomic E-state index is 0.424. The van der Waals surface area contributed by atoms with Gasteiger partial charge in [-0.1, -0.05) is 23.5 Å². The summed E-state index contributed by atoms with van der Waals surface area (Å²) in [6.45, 7) is 7.75. The van der Waals surface area contributed by atoms with Crippen molar-refractivity contribution < 1.29 is 4.39 Å². The zero-order valence-corrected chi connectivity index (χ0v) is 14.6. The first kappa shape index (κ1) is 15.3. The van der Waals surface area contributed by atoms with Crippen LogP contribution in [0.2, 0.25) is 0 Å². The number of halogens is 1. The molecule has 0 spiro atoms. The summed E-state index contributed by atoms with van der Waals surface area (Å²) < 4.78 is 14.6. The lowest BCUT2D eigenvalue weighted by Gasteiger charge is -2.35. The number of fused-ring (bicyclic) bond motifs is 1. The van der Waals surface area contributed by atoms with E-state index in [9.17, 15) is 4.39 Å². The van der Waals surface area contributed by atoms with Gasteiger partial charge < -0.3 is 9.80 Å². The first-order chi connectivity index (χ1) is 11.6. The summed E-state index contributed by atoms with van der Waals surface area (Å²) in [5, 5.41) is 1.09. The van der Waals surface area contributed by atoms with Crippen molar-refractivity contribution in [3.8, 4) is 0 Å². The predicted octanol–water partition coefficient (Wildman–Crippen LogP) is 3.77. The van der Waals surface area contributed by atoms with Crippen LogP contribution in [0, 0.1) is 19.8 Å². The van der Waals surface area contributed by atoms with Crippen LogP contribution in [0.4, 0.5) is 15.2 Å². The van der Waals surface area contributed by atoms with Gasteiger partial charge in [-0.25, -0.2) is 9.97 Å². The highest BCUT2D eigenvalue weighted by Gasteiger charge is 2.21. The van der Waals surface area contributed by atoms with Gasteiger partial charge in [-0.05, 0) is 31.0 Å². The molecule has 0 N–H and O–H groups in total. The maximum Gasteiger partial charge on any atom is 0.214 e. The zero-order valence-electron chi connectivity index (χ0n) is 13.8. The van der Waals surface area contributed by atoms with E-state index in [2.05, 4.69) is 40.8 Å². The Balaban J connectivity index is 1.54. The standard InChI is InChI=1S/C18H19FN4S/c1-12-3-4-13(2)17-16(12)21-18(24-17)23-9-7-22(8-10-23)14-5-6-20-15(19)11-14/h3-6,11H,7-10H2,1-2H3. The van der Waals surface area contributed by atoms with Gasteiger partial charge in [0.2, 0.25) is 5.95 Å². The van der Waals surface area contributed by atoms with Gasteiger partial charge in [0.15, 0.2) is 5.13 Å². The van der Waals surface area contributed by atoms with Crippen molar-refractivity contribution in [2.75, 3.05) is 36.0 Å². The molecule has 2 aromatic heterocycles. The molecular formula is C18H19FN4S. The molecule has 24 heavy (non-hydrogen) atoms. The molecule has 3 aromatic rings. The van der Waals surface area contributed by atoms with Crippen LogP contribution >= 0.6 is 11.3 Å². The summed E-state index contributed by atoms with van der Waals surface area (Å²) in [4.78, 5) is 13.0. The van der Waals surface area contributed by atoms with E-state index < -0.39 is 5.95 Å². The number of aromatic nitrogens is 2. The third-order valence-corrected chi connectivity index (χ3v) is 5.81. The minimum Gasteiger partial charge on any atom is -0.368 e. The number of aryl methyl sites for hydroxylation is 2. The first-order valence-electron chi connectivity index (χ1n) is 8.10. The summed E-state index contributed by atoms with van der Waals surface area (Å²) in [6.07, 6.45) is 1.52. The van der Waals surface area contributed by atoms with E-state index in [1.165, 1.54) is 28.1 Å². The second-order valence-electron chi connectivity index (χ2n) is 6.18. The van der Waals surface area contributed by atoms with Gasteiger partial charge in [-0.15, -0.1) is 0 Å². The topological polar surface area (TPSA) is 32.3 Å². The molecule has 4 rings (SSSR count). The van der Waals surface area contributed by atoms with Gasteiger partial charge in [-0.2, -0.15) is 4.39 Å². The molecular weight excluding hydrogens is 323 g/mol. The molecule has 124 valence electrons. The fourth-order valence-electron chi connectivity index (χ4n) is 3.13. The van der Waals surface area contributed by atoms with E-state index in [4.69, 9.17) is 4.98 Å². The predicted molar refractivity (Wildman–Crippen MR) is 97.7 cm³/mol. The number of hydrogen-bond acceptors (Lipinski definition) is 5. The number of thiazole rings is 1. The van der Waals surface area contributed by atoms with Crippen LogP contribution in [0.5, 0.6) is 0 Å². The summed E-state index contributed by atoms with van der Waals surface area (Å²) in [7, 11) is 0. The molecule has 4 nitrogen and oxygen atoms in total. The fourth-order valence-corrected chi connectivity index (χ4v) is 4.29. The Hall–Kier alpha value is -2.21. The highest BCUT2D eigenvalue weighted by atomic mass is 32.1. The summed E-state index contributed by atoms with van der Waals surface area (Å²) in [6, 6.07) is 7.66. The molecule has 6 heteroatoms. The molecule has 1 fully saturated rings. The molecule has 0 bridgehead atoms. The van der Waals surface area contributed by atoms with E-state index in [0.29, 0.717) is 0 Å². The van der Waals surface area contributed by atoms with Gasteiger partial charge in [0.25, 0.3) is 0 Å². The molecule has 1 aliphatic heterocycles. The van der Waals surface area contributed by atoms with Gasteiger partial charge in [-0.3, -0.25) is 0 Å². The molecule has 1 saturated heterocycles. The third-order valence-electron chi connectivity index (χ3n) is 4.56. The highest BCUT2D eigenvalue weighted by Crippen LogP contribution is 2.33. The Kier molecular flexibility index (Phi) is 3.84. The van der Waals surface area contributed by atoms with Crippen molar-refractivity contribution in [3.05, 3.63) is 47.5 Å². The van der Waals surface area contributed by atoms with Gasteiger partial charge in [0.05, 0.1) is 10.2 Å². The zero-order chi connectivity index (χ0) is 16.7. The van der Waals surface area contributed by atoms with Gasteiger partial charge in [0, 0.05) is 44.1 Å². The van der Waals surface area contributed by atoms with Crippen molar-refractivity contribution in [3.63, 3.8) is 0 Å². The average molecular weight is 342 g/mol. The van der Waals surface area contributed by atoms with Gasteiger partial charge in [0.1, 0.15) is 0 Å². The largest absolute Gasteiger partial charge is 0.368 e. The molecule has 0 radical (unpaired) electrons. The van der Waals surface area contributed by atoms with Crippen molar-refractivity contribution in [2.24, 2.45) is 0 Å². The molecule has 0 saturated carbocycles. The molecule has 0 atom stereocenters. The van der Waals surface area contributed by atoms with Crippen LogP contribution in [0.15, 0.2) is 30.5 Å². The SMILES string of the molecule is Cc1ccc(C)c2sc(N3CCN(c4ccnc(F)c4)CC3)nc12. The smallest absolute Gasteiger partial charge is 0.214 e. The van der Waals surface area contributed by atoms with Crippen LogP contribution < -0.4 is 9.80 Å². The summed E-state index contributed by atoms with van der Waals surface area (Å²) >= 11 is 1.77. The number of pyridine rings is 1. The number of piperazine rings is 1. The molecule has 1 aliphatic rings. The lowest BCUT2D eigenvalue weighted by molar-refractivity contribution is 0.580. The average Bonchev–Trinajstić information content (AvgIpc) is 3.05. The van der Waals surface area contributed by atoms with E-state index in [1.54, 1.807) is 11.3 Å². The Morgan fingerprint density at radius 2 is 1.71 bits per heavy atom. The second-order valence-corrected chi connectivity index (χ2v) is 7.16. The molecule has 3 heterocycles. The molecule has 0 unspecified atom stereocenters. The van der Waals surface area contributed by atoms with Crippen LogP contribution in [0.3, 0.4) is 0 Å². The van der Waals surface area contributed by atoms with E-state index in [-0.39, 0.29) is 0 Å². The molecule has 0 amide bonds. The first-order valence-corrected chi connectivity index (χ1v) is 8.91. The minimum atomic E-state index is -0.424. The molecule has 0 aliphatic carbocycles. The lowest BCUT2D eigenvalue weighted by Crippen LogP contribution is -2.46. The fraction of sp³-hybridized carbons (Fsp3) is 0.333. The normalized spacial score (nSPS) is 15.3. The van der Waals surface area contributed by atoms with Crippen molar-refractivity contribution in [2.45, 2.75) is 13.8 Å². The van der Waals surface area contributed by atoms with E-state index in [1.807, 2.05) is 6.07 Å². The number of rotatable bonds is 2. The Morgan fingerprint density at radius 1 is 1.00 bits per heavy atom. The Bertz CT molecular complexity index is 845. The third kappa shape index (κ3) is 2.71.